The van der Waals surface area contributed by atoms with Crippen molar-refractivity contribution in [2.45, 2.75) is 51.7 Å². The number of amides is 2. The third-order valence-corrected chi connectivity index (χ3v) is 6.70. The summed E-state index contributed by atoms with van der Waals surface area (Å²) in [4.78, 5) is 28.2. The Morgan fingerprint density at radius 3 is 2.52 bits per heavy atom. The van der Waals surface area contributed by atoms with Crippen molar-refractivity contribution in [2.75, 3.05) is 13.1 Å². The van der Waals surface area contributed by atoms with Crippen molar-refractivity contribution in [3.63, 3.8) is 0 Å². The zero-order valence-corrected chi connectivity index (χ0v) is 18.8. The predicted molar refractivity (Wildman–Crippen MR) is 118 cm³/mol. The second-order valence-electron chi connectivity index (χ2n) is 8.98. The molecule has 176 valence electrons. The highest BCUT2D eigenvalue weighted by atomic mass is 19.2. The van der Waals surface area contributed by atoms with Gasteiger partial charge in [0, 0.05) is 31.2 Å². The van der Waals surface area contributed by atoms with Crippen LogP contribution in [0.25, 0.3) is 0 Å². The maximum atomic E-state index is 14.1. The van der Waals surface area contributed by atoms with Crippen molar-refractivity contribution in [3.8, 4) is 0 Å². The van der Waals surface area contributed by atoms with Gasteiger partial charge in [-0.05, 0) is 62.4 Å². The summed E-state index contributed by atoms with van der Waals surface area (Å²) in [5.74, 6) is -5.26. The lowest BCUT2D eigenvalue weighted by Gasteiger charge is -2.36. The summed E-state index contributed by atoms with van der Waals surface area (Å²) < 4.78 is 40.9. The molecule has 8 heteroatoms. The molecule has 2 amide bonds. The minimum atomic E-state index is -1.36. The van der Waals surface area contributed by atoms with E-state index in [0.717, 1.165) is 29.5 Å². The van der Waals surface area contributed by atoms with Gasteiger partial charge in [0.2, 0.25) is 5.91 Å². The van der Waals surface area contributed by atoms with Gasteiger partial charge in [0.05, 0.1) is 11.5 Å². The van der Waals surface area contributed by atoms with E-state index in [0.29, 0.717) is 38.2 Å². The van der Waals surface area contributed by atoms with Gasteiger partial charge in [-0.15, -0.1) is 0 Å². The van der Waals surface area contributed by atoms with Crippen molar-refractivity contribution < 1.29 is 22.8 Å². The molecule has 5 nitrogen and oxygen atoms in total. The Morgan fingerprint density at radius 1 is 1.06 bits per heavy atom. The van der Waals surface area contributed by atoms with Gasteiger partial charge >= 0.3 is 0 Å². The summed E-state index contributed by atoms with van der Waals surface area (Å²) in [7, 11) is 0. The number of nitrogens with one attached hydrogen (secondary N) is 2. The van der Waals surface area contributed by atoms with Gasteiger partial charge in [-0.2, -0.15) is 0 Å². The van der Waals surface area contributed by atoms with E-state index >= 15 is 0 Å². The lowest BCUT2D eigenvalue weighted by atomic mass is 9.91. The molecule has 1 heterocycles. The largest absolute Gasteiger partial charge is 0.348 e. The van der Waals surface area contributed by atoms with Gasteiger partial charge in [-0.3, -0.25) is 9.59 Å². The van der Waals surface area contributed by atoms with Crippen LogP contribution in [0.4, 0.5) is 13.2 Å². The van der Waals surface area contributed by atoms with Crippen LogP contribution in [0.3, 0.4) is 0 Å². The number of rotatable bonds is 6. The van der Waals surface area contributed by atoms with Crippen LogP contribution in [0.1, 0.15) is 46.3 Å². The smallest absolute Gasteiger partial charge is 0.254 e. The molecule has 2 N–H and O–H groups in total. The predicted octanol–water partition coefficient (Wildman–Crippen LogP) is 3.62. The number of carbonyl (C=O) groups excluding carboxylic acids is 2. The summed E-state index contributed by atoms with van der Waals surface area (Å²) in [6, 6.07) is 6.57. The average Bonchev–Trinajstić information content (AvgIpc) is 3.62. The molecule has 1 saturated carbocycles. The Kier molecular flexibility index (Phi) is 6.74. The van der Waals surface area contributed by atoms with Crippen LogP contribution in [0.15, 0.2) is 30.3 Å². The van der Waals surface area contributed by atoms with Crippen LogP contribution < -0.4 is 10.6 Å². The molecule has 0 radical (unpaired) electrons. The third kappa shape index (κ3) is 5.05. The Labute approximate surface area is 191 Å². The van der Waals surface area contributed by atoms with Crippen molar-refractivity contribution >= 4 is 11.8 Å². The second-order valence-corrected chi connectivity index (χ2v) is 8.98. The van der Waals surface area contributed by atoms with E-state index in [2.05, 4.69) is 10.6 Å². The first-order valence-electron chi connectivity index (χ1n) is 11.3. The Balaban J connectivity index is 1.53. The first-order valence-corrected chi connectivity index (χ1v) is 11.3. The molecule has 33 heavy (non-hydrogen) atoms. The number of benzene rings is 2. The van der Waals surface area contributed by atoms with E-state index < -0.39 is 40.9 Å². The molecule has 0 spiro atoms. The van der Waals surface area contributed by atoms with E-state index in [1.165, 1.54) is 0 Å². The number of aryl methyl sites for hydroxylation is 1. The van der Waals surface area contributed by atoms with Crippen LogP contribution in [0.5, 0.6) is 0 Å². The Bertz CT molecular complexity index is 1070. The van der Waals surface area contributed by atoms with E-state index in [-0.39, 0.29) is 11.9 Å². The number of hydrogen-bond acceptors (Lipinski definition) is 3. The first-order chi connectivity index (χ1) is 15.8. The van der Waals surface area contributed by atoms with Crippen molar-refractivity contribution in [3.05, 3.63) is 70.0 Å². The molecule has 2 unspecified atom stereocenters. The summed E-state index contributed by atoms with van der Waals surface area (Å²) in [6.07, 6.45) is 2.34. The summed E-state index contributed by atoms with van der Waals surface area (Å²) in [5, 5.41) is 5.90. The van der Waals surface area contributed by atoms with Gasteiger partial charge in [0.25, 0.3) is 5.91 Å². The number of hydrogen-bond donors (Lipinski definition) is 2. The van der Waals surface area contributed by atoms with Crippen LogP contribution in [0, 0.1) is 37.2 Å². The molecular formula is C25H28F3N3O2. The molecule has 0 aromatic heterocycles. The number of nitrogens with zero attached hydrogens (tertiary/aromatic N) is 1. The maximum Gasteiger partial charge on any atom is 0.254 e. The zero-order chi connectivity index (χ0) is 23.7. The highest BCUT2D eigenvalue weighted by Gasteiger charge is 2.40. The molecule has 2 fully saturated rings. The highest BCUT2D eigenvalue weighted by Crippen LogP contribution is 2.32. The molecule has 2 aliphatic rings. The lowest BCUT2D eigenvalue weighted by Crippen LogP contribution is -2.55. The highest BCUT2D eigenvalue weighted by molar-refractivity contribution is 5.95. The molecule has 1 aliphatic heterocycles. The minimum Gasteiger partial charge on any atom is -0.348 e. The quantitative estimate of drug-likeness (QED) is 0.649. The monoisotopic (exact) mass is 459 g/mol. The fraction of sp³-hybridized carbons (Fsp3) is 0.440. The molecular weight excluding hydrogens is 431 g/mol. The topological polar surface area (TPSA) is 61.4 Å². The maximum absolute atomic E-state index is 14.1. The fourth-order valence-electron chi connectivity index (χ4n) is 4.39. The minimum absolute atomic E-state index is 0.0679. The Hall–Kier alpha value is -2.87. The molecule has 2 atom stereocenters. The van der Waals surface area contributed by atoms with E-state index in [1.54, 1.807) is 0 Å². The molecule has 2 aromatic rings. The molecule has 1 saturated heterocycles. The zero-order valence-electron chi connectivity index (χ0n) is 18.8. The number of piperidine rings is 1. The van der Waals surface area contributed by atoms with Gasteiger partial charge in [-0.25, -0.2) is 13.2 Å². The standard InChI is InChI=1S/C25H28F3N3O2/c1-14-4-3-5-16(15(14)2)13-31(17-6-7-17)25(33)19-12-29-9-8-23(19)30-24(32)18-10-21(27)22(28)11-20(18)26/h3-5,10-11,17,19,23,29H,6-9,12-13H2,1-2H3,(H,30,32). The molecule has 0 bridgehead atoms. The van der Waals surface area contributed by atoms with E-state index in [1.807, 2.05) is 36.9 Å². The molecule has 4 rings (SSSR count). The van der Waals surface area contributed by atoms with Gasteiger partial charge in [0.15, 0.2) is 11.6 Å². The first kappa shape index (κ1) is 23.3. The molecule has 1 aliphatic carbocycles. The molecule has 2 aromatic carbocycles. The average molecular weight is 460 g/mol. The summed E-state index contributed by atoms with van der Waals surface area (Å²) in [5.41, 5.74) is 2.82. The van der Waals surface area contributed by atoms with Crippen LogP contribution in [-0.2, 0) is 11.3 Å². The van der Waals surface area contributed by atoms with Crippen LogP contribution in [-0.4, -0.2) is 41.9 Å². The van der Waals surface area contributed by atoms with Crippen molar-refractivity contribution in [1.29, 1.82) is 0 Å². The van der Waals surface area contributed by atoms with Gasteiger partial charge < -0.3 is 15.5 Å². The van der Waals surface area contributed by atoms with E-state index in [9.17, 15) is 22.8 Å². The van der Waals surface area contributed by atoms with Crippen molar-refractivity contribution in [1.82, 2.24) is 15.5 Å². The fourth-order valence-corrected chi connectivity index (χ4v) is 4.39. The van der Waals surface area contributed by atoms with Gasteiger partial charge in [-0.1, -0.05) is 18.2 Å². The van der Waals surface area contributed by atoms with Crippen molar-refractivity contribution in [2.24, 2.45) is 5.92 Å². The number of halogens is 3. The SMILES string of the molecule is Cc1cccc(CN(C(=O)C2CNCCC2NC(=O)c2cc(F)c(F)cc2F)C2CC2)c1C. The lowest BCUT2D eigenvalue weighted by molar-refractivity contribution is -0.138. The van der Waals surface area contributed by atoms with Crippen LogP contribution in [0.2, 0.25) is 0 Å². The van der Waals surface area contributed by atoms with Gasteiger partial charge in [0.1, 0.15) is 5.82 Å². The van der Waals surface area contributed by atoms with Crippen LogP contribution >= 0.6 is 0 Å². The summed E-state index contributed by atoms with van der Waals surface area (Å²) >= 11 is 0. The normalized spacial score (nSPS) is 20.4. The second kappa shape index (κ2) is 9.55. The summed E-state index contributed by atoms with van der Waals surface area (Å²) in [6.45, 7) is 5.53. The number of carbonyl (C=O) groups is 2. The third-order valence-electron chi connectivity index (χ3n) is 6.70. The Morgan fingerprint density at radius 2 is 1.79 bits per heavy atom. The van der Waals surface area contributed by atoms with E-state index in [4.69, 9.17) is 0 Å².